The molecule has 0 amide bonds. The first-order valence-corrected chi connectivity index (χ1v) is 12.1. The van der Waals surface area contributed by atoms with Crippen LogP contribution >= 0.6 is 0 Å². The first-order valence-electron chi connectivity index (χ1n) is 10.7. The smallest absolute Gasteiger partial charge is 0.370 e. The Morgan fingerprint density at radius 1 is 1.00 bits per heavy atom. The van der Waals surface area contributed by atoms with Gasteiger partial charge in [0.05, 0.1) is 10.5 Å². The fraction of sp³-hybridized carbons (Fsp3) is 0.455. The number of halogens is 4. The third kappa shape index (κ3) is 4.80. The maximum absolute atomic E-state index is 13.5. The average molecular weight is 487 g/mol. The molecule has 2 aromatic carbocycles. The minimum Gasteiger partial charge on any atom is -0.370 e. The maximum atomic E-state index is 13.5. The van der Waals surface area contributed by atoms with E-state index in [1.165, 1.54) is 15.3 Å². The van der Waals surface area contributed by atoms with E-state index in [1.807, 2.05) is 11.0 Å². The lowest BCUT2D eigenvalue weighted by Crippen LogP contribution is -2.54. The second-order valence-corrected chi connectivity index (χ2v) is 10.5. The van der Waals surface area contributed by atoms with Crippen LogP contribution in [0.2, 0.25) is 0 Å². The zero-order valence-electron chi connectivity index (χ0n) is 18.1. The van der Waals surface area contributed by atoms with E-state index in [2.05, 4.69) is 0 Å². The molecule has 1 unspecified atom stereocenters. The van der Waals surface area contributed by atoms with Gasteiger partial charge >= 0.3 is 6.18 Å². The Morgan fingerprint density at radius 3 is 2.39 bits per heavy atom. The van der Waals surface area contributed by atoms with Crippen LogP contribution in [0.15, 0.2) is 47.4 Å². The number of alkyl halides is 3. The zero-order valence-corrected chi connectivity index (χ0v) is 18.9. The summed E-state index contributed by atoms with van der Waals surface area (Å²) in [4.78, 5) is 3.64. The third-order valence-electron chi connectivity index (χ3n) is 6.19. The second kappa shape index (κ2) is 8.77. The Morgan fingerprint density at radius 2 is 1.76 bits per heavy atom. The van der Waals surface area contributed by atoms with Crippen molar-refractivity contribution in [1.82, 2.24) is 4.31 Å². The lowest BCUT2D eigenvalue weighted by Gasteiger charge is -2.40. The standard InChI is InChI=1S/C22H26F4N4O2S/c1-15-13-29(21-6-5-16(23)11-20(21)22(24,25)26)9-10-30(15)33(31,32)19-4-2-3-18(12-19)28-8-7-17(27)14-28/h2-6,11-12,15,17H,7-10,13-14,27H2,1H3/t15-,17?/m1/s1. The number of rotatable bonds is 4. The summed E-state index contributed by atoms with van der Waals surface area (Å²) < 4.78 is 81.9. The highest BCUT2D eigenvalue weighted by atomic mass is 32.2. The molecule has 33 heavy (non-hydrogen) atoms. The first kappa shape index (κ1) is 23.8. The van der Waals surface area contributed by atoms with Crippen molar-refractivity contribution in [2.24, 2.45) is 5.73 Å². The topological polar surface area (TPSA) is 69.9 Å². The van der Waals surface area contributed by atoms with Gasteiger partial charge in [-0.05, 0) is 49.7 Å². The van der Waals surface area contributed by atoms with Crippen LogP contribution in [0.25, 0.3) is 0 Å². The van der Waals surface area contributed by atoms with Gasteiger partial charge in [0, 0.05) is 56.2 Å². The van der Waals surface area contributed by atoms with Gasteiger partial charge < -0.3 is 15.5 Å². The van der Waals surface area contributed by atoms with Gasteiger partial charge in [0.1, 0.15) is 5.82 Å². The number of nitrogens with two attached hydrogens (primary N) is 1. The first-order chi connectivity index (χ1) is 15.5. The van der Waals surface area contributed by atoms with Crippen molar-refractivity contribution in [1.29, 1.82) is 0 Å². The number of nitrogens with zero attached hydrogens (tertiary/aromatic N) is 3. The minimum absolute atomic E-state index is 0.0109. The molecule has 2 atom stereocenters. The van der Waals surface area contributed by atoms with Crippen molar-refractivity contribution in [3.63, 3.8) is 0 Å². The van der Waals surface area contributed by atoms with Gasteiger partial charge in [-0.15, -0.1) is 0 Å². The molecule has 2 saturated heterocycles. The molecule has 0 saturated carbocycles. The van der Waals surface area contributed by atoms with Crippen molar-refractivity contribution < 1.29 is 26.0 Å². The summed E-state index contributed by atoms with van der Waals surface area (Å²) in [5.41, 5.74) is 5.52. The van der Waals surface area contributed by atoms with Crippen LogP contribution in [0.1, 0.15) is 18.9 Å². The normalized spacial score (nSPS) is 22.7. The van der Waals surface area contributed by atoms with Crippen LogP contribution < -0.4 is 15.5 Å². The van der Waals surface area contributed by atoms with Crippen molar-refractivity contribution in [2.75, 3.05) is 42.5 Å². The Bertz CT molecular complexity index is 1130. The van der Waals surface area contributed by atoms with Crippen LogP contribution in [0.3, 0.4) is 0 Å². The summed E-state index contributed by atoms with van der Waals surface area (Å²) in [6, 6.07) is 8.67. The summed E-state index contributed by atoms with van der Waals surface area (Å²) in [5, 5.41) is 0. The van der Waals surface area contributed by atoms with Gasteiger partial charge in [-0.1, -0.05) is 6.07 Å². The van der Waals surface area contributed by atoms with Gasteiger partial charge in [0.2, 0.25) is 10.0 Å². The lowest BCUT2D eigenvalue weighted by molar-refractivity contribution is -0.137. The lowest BCUT2D eigenvalue weighted by atomic mass is 10.1. The van der Waals surface area contributed by atoms with E-state index in [0.29, 0.717) is 12.6 Å². The predicted molar refractivity (Wildman–Crippen MR) is 118 cm³/mol. The number of sulfonamides is 1. The van der Waals surface area contributed by atoms with Gasteiger partial charge in [0.25, 0.3) is 0 Å². The van der Waals surface area contributed by atoms with Gasteiger partial charge in [-0.3, -0.25) is 0 Å². The van der Waals surface area contributed by atoms with Gasteiger partial charge in [-0.25, -0.2) is 12.8 Å². The number of piperazine rings is 1. The molecule has 0 aromatic heterocycles. The minimum atomic E-state index is -4.72. The van der Waals surface area contributed by atoms with Crippen molar-refractivity contribution >= 4 is 21.4 Å². The molecule has 2 aromatic rings. The molecule has 2 fully saturated rings. The quantitative estimate of drug-likeness (QED) is 0.672. The van der Waals surface area contributed by atoms with Crippen molar-refractivity contribution in [2.45, 2.75) is 36.5 Å². The summed E-state index contributed by atoms with van der Waals surface area (Å²) in [6.07, 6.45) is -3.89. The second-order valence-electron chi connectivity index (χ2n) is 8.56. The van der Waals surface area contributed by atoms with E-state index in [1.54, 1.807) is 19.1 Å². The molecule has 11 heteroatoms. The highest BCUT2D eigenvalue weighted by molar-refractivity contribution is 7.89. The molecule has 2 N–H and O–H groups in total. The Hall–Kier alpha value is -2.37. The summed E-state index contributed by atoms with van der Waals surface area (Å²) in [6.45, 7) is 3.17. The van der Waals surface area contributed by atoms with E-state index in [-0.39, 0.29) is 36.3 Å². The van der Waals surface area contributed by atoms with E-state index in [4.69, 9.17) is 5.73 Å². The summed E-state index contributed by atoms with van der Waals surface area (Å²) in [5.74, 6) is -0.973. The summed E-state index contributed by atoms with van der Waals surface area (Å²) in [7, 11) is -3.86. The molecule has 4 rings (SSSR count). The van der Waals surface area contributed by atoms with E-state index >= 15 is 0 Å². The fourth-order valence-corrected chi connectivity index (χ4v) is 6.18. The van der Waals surface area contributed by atoms with Crippen molar-refractivity contribution in [3.8, 4) is 0 Å². The molecule has 2 aliphatic heterocycles. The molecule has 0 bridgehead atoms. The Labute approximate surface area is 190 Å². The molecule has 0 aliphatic carbocycles. The Balaban J connectivity index is 1.55. The number of hydrogen-bond donors (Lipinski definition) is 1. The van der Waals surface area contributed by atoms with Gasteiger partial charge in [0.15, 0.2) is 0 Å². The van der Waals surface area contributed by atoms with E-state index < -0.39 is 33.6 Å². The van der Waals surface area contributed by atoms with E-state index in [0.717, 1.165) is 30.8 Å². The zero-order chi connectivity index (χ0) is 24.0. The van der Waals surface area contributed by atoms with E-state index in [9.17, 15) is 26.0 Å². The van der Waals surface area contributed by atoms with Crippen LogP contribution in [0, 0.1) is 5.82 Å². The van der Waals surface area contributed by atoms with Crippen LogP contribution in [-0.4, -0.2) is 57.5 Å². The molecule has 6 nitrogen and oxygen atoms in total. The number of hydrogen-bond acceptors (Lipinski definition) is 5. The van der Waals surface area contributed by atoms with Gasteiger partial charge in [-0.2, -0.15) is 17.5 Å². The highest BCUT2D eigenvalue weighted by Gasteiger charge is 2.39. The molecule has 0 spiro atoms. The average Bonchev–Trinajstić information content (AvgIpc) is 3.19. The highest BCUT2D eigenvalue weighted by Crippen LogP contribution is 2.38. The predicted octanol–water partition coefficient (Wildman–Crippen LogP) is 3.28. The number of anilines is 2. The fourth-order valence-electron chi connectivity index (χ4n) is 4.53. The molecule has 0 radical (unpaired) electrons. The molecule has 2 heterocycles. The SMILES string of the molecule is C[C@@H]1CN(c2ccc(F)cc2C(F)(F)F)CCN1S(=O)(=O)c1cccc(N2CCC(N)C2)c1. The molecular formula is C22H26F4N4O2S. The summed E-state index contributed by atoms with van der Waals surface area (Å²) >= 11 is 0. The van der Waals surface area contributed by atoms with Crippen molar-refractivity contribution in [3.05, 3.63) is 53.8 Å². The monoisotopic (exact) mass is 486 g/mol. The number of benzene rings is 2. The molecular weight excluding hydrogens is 460 g/mol. The Kier molecular flexibility index (Phi) is 6.32. The van der Waals surface area contributed by atoms with Crippen LogP contribution in [-0.2, 0) is 16.2 Å². The largest absolute Gasteiger partial charge is 0.418 e. The van der Waals surface area contributed by atoms with Crippen LogP contribution in [0.4, 0.5) is 28.9 Å². The maximum Gasteiger partial charge on any atom is 0.418 e. The third-order valence-corrected chi connectivity index (χ3v) is 8.19. The molecule has 180 valence electrons. The van der Waals surface area contributed by atoms with Crippen LogP contribution in [0.5, 0.6) is 0 Å². The molecule has 2 aliphatic rings.